The molecule has 1 aromatic heterocycles. The van der Waals surface area contributed by atoms with Crippen molar-refractivity contribution < 1.29 is 4.39 Å². The molecule has 0 aliphatic rings. The molecule has 0 saturated heterocycles. The summed E-state index contributed by atoms with van der Waals surface area (Å²) in [5.74, 6) is 0.335. The van der Waals surface area contributed by atoms with E-state index in [9.17, 15) is 4.39 Å². The normalized spacial score (nSPS) is 11.1. The molecule has 0 aliphatic heterocycles. The Kier molecular flexibility index (Phi) is 4.83. The highest BCUT2D eigenvalue weighted by Crippen LogP contribution is 2.20. The van der Waals surface area contributed by atoms with Crippen molar-refractivity contribution in [1.29, 1.82) is 0 Å². The zero-order chi connectivity index (χ0) is 18.5. The summed E-state index contributed by atoms with van der Waals surface area (Å²) in [6.07, 6.45) is 2.27. The standard InChI is InChI=1S/C22H17FN4/c23-18-12-10-17(11-13-18)15-24-27-22-21(14-16-6-2-1-3-7-16)25-19-8-4-5-9-20(19)26-22/h1-13,15H,14H2,(H,26,27)/b24-15+. The lowest BCUT2D eigenvalue weighted by Gasteiger charge is -2.09. The van der Waals surface area contributed by atoms with E-state index in [1.165, 1.54) is 12.1 Å². The van der Waals surface area contributed by atoms with Crippen LogP contribution in [0.3, 0.4) is 0 Å². The van der Waals surface area contributed by atoms with Gasteiger partial charge in [0, 0.05) is 6.42 Å². The van der Waals surface area contributed by atoms with Gasteiger partial charge in [0.2, 0.25) is 0 Å². The number of fused-ring (bicyclic) bond motifs is 1. The van der Waals surface area contributed by atoms with Crippen LogP contribution < -0.4 is 5.43 Å². The Morgan fingerprint density at radius 2 is 1.48 bits per heavy atom. The third-order valence-electron chi connectivity index (χ3n) is 4.11. The number of para-hydroxylation sites is 2. The fourth-order valence-corrected chi connectivity index (χ4v) is 2.76. The Morgan fingerprint density at radius 3 is 2.22 bits per heavy atom. The lowest BCUT2D eigenvalue weighted by Crippen LogP contribution is -2.03. The number of halogens is 1. The molecule has 0 aliphatic carbocycles. The molecule has 0 unspecified atom stereocenters. The second kappa shape index (κ2) is 7.74. The molecule has 0 saturated carbocycles. The summed E-state index contributed by atoms with van der Waals surface area (Å²) in [6, 6.07) is 24.0. The number of aromatic nitrogens is 2. The summed E-state index contributed by atoms with van der Waals surface area (Å²) in [6.45, 7) is 0. The first-order chi connectivity index (χ1) is 13.3. The van der Waals surface area contributed by atoms with Crippen LogP contribution in [-0.4, -0.2) is 16.2 Å². The van der Waals surface area contributed by atoms with Gasteiger partial charge in [-0.1, -0.05) is 54.6 Å². The van der Waals surface area contributed by atoms with E-state index in [0.29, 0.717) is 12.2 Å². The zero-order valence-electron chi connectivity index (χ0n) is 14.5. The number of nitrogens with one attached hydrogen (secondary N) is 1. The average Bonchev–Trinajstić information content (AvgIpc) is 2.70. The maximum Gasteiger partial charge on any atom is 0.169 e. The largest absolute Gasteiger partial charge is 0.260 e. The quantitative estimate of drug-likeness (QED) is 0.412. The van der Waals surface area contributed by atoms with Gasteiger partial charge in [-0.2, -0.15) is 5.10 Å². The molecule has 0 radical (unpaired) electrons. The van der Waals surface area contributed by atoms with Gasteiger partial charge in [-0.05, 0) is 35.4 Å². The van der Waals surface area contributed by atoms with Gasteiger partial charge in [0.25, 0.3) is 0 Å². The third kappa shape index (κ3) is 4.15. The van der Waals surface area contributed by atoms with E-state index in [1.807, 2.05) is 42.5 Å². The van der Waals surface area contributed by atoms with Gasteiger partial charge in [0.15, 0.2) is 5.82 Å². The molecule has 4 aromatic rings. The molecule has 0 amide bonds. The van der Waals surface area contributed by atoms with Crippen molar-refractivity contribution in [3.05, 3.63) is 102 Å². The summed E-state index contributed by atoms with van der Waals surface area (Å²) >= 11 is 0. The fraction of sp³-hybridized carbons (Fsp3) is 0.0455. The number of hydrogen-bond acceptors (Lipinski definition) is 4. The van der Waals surface area contributed by atoms with E-state index >= 15 is 0 Å². The Balaban J connectivity index is 1.64. The summed E-state index contributed by atoms with van der Waals surface area (Å²) in [4.78, 5) is 9.43. The highest BCUT2D eigenvalue weighted by molar-refractivity contribution is 5.80. The topological polar surface area (TPSA) is 50.2 Å². The Hall–Kier alpha value is -3.60. The van der Waals surface area contributed by atoms with Crippen molar-refractivity contribution in [3.63, 3.8) is 0 Å². The fourth-order valence-electron chi connectivity index (χ4n) is 2.76. The summed E-state index contributed by atoms with van der Waals surface area (Å²) in [5, 5.41) is 4.25. The van der Waals surface area contributed by atoms with Crippen LogP contribution in [0.25, 0.3) is 11.0 Å². The smallest absolute Gasteiger partial charge is 0.169 e. The molecule has 3 aromatic carbocycles. The van der Waals surface area contributed by atoms with Gasteiger partial charge in [-0.3, -0.25) is 5.43 Å². The number of anilines is 1. The maximum absolute atomic E-state index is 13.0. The number of nitrogens with zero attached hydrogens (tertiary/aromatic N) is 3. The van der Waals surface area contributed by atoms with E-state index in [1.54, 1.807) is 18.3 Å². The second-order valence-corrected chi connectivity index (χ2v) is 6.09. The Morgan fingerprint density at radius 1 is 0.815 bits per heavy atom. The van der Waals surface area contributed by atoms with E-state index in [2.05, 4.69) is 27.6 Å². The van der Waals surface area contributed by atoms with Gasteiger partial charge >= 0.3 is 0 Å². The number of rotatable bonds is 5. The third-order valence-corrected chi connectivity index (χ3v) is 4.11. The van der Waals surface area contributed by atoms with Gasteiger partial charge in [-0.25, -0.2) is 14.4 Å². The molecule has 0 bridgehead atoms. The molecule has 1 N–H and O–H groups in total. The van der Waals surface area contributed by atoms with Crippen LogP contribution in [0.2, 0.25) is 0 Å². The first kappa shape index (κ1) is 16.8. The van der Waals surface area contributed by atoms with Gasteiger partial charge in [0.1, 0.15) is 5.82 Å². The van der Waals surface area contributed by atoms with Crippen LogP contribution in [0.15, 0.2) is 84.0 Å². The predicted octanol–water partition coefficient (Wildman–Crippen LogP) is 4.81. The van der Waals surface area contributed by atoms with Crippen molar-refractivity contribution in [2.75, 3.05) is 5.43 Å². The van der Waals surface area contributed by atoms with Crippen molar-refractivity contribution in [2.45, 2.75) is 6.42 Å². The lowest BCUT2D eigenvalue weighted by atomic mass is 10.1. The molecule has 0 spiro atoms. The van der Waals surface area contributed by atoms with Crippen LogP contribution in [-0.2, 0) is 6.42 Å². The van der Waals surface area contributed by atoms with Crippen LogP contribution in [0.1, 0.15) is 16.8 Å². The Bertz CT molecular complexity index is 1080. The minimum atomic E-state index is -0.273. The van der Waals surface area contributed by atoms with Crippen LogP contribution >= 0.6 is 0 Å². The molecule has 5 heteroatoms. The summed E-state index contributed by atoms with van der Waals surface area (Å²) < 4.78 is 13.0. The van der Waals surface area contributed by atoms with E-state index < -0.39 is 0 Å². The number of benzene rings is 3. The monoisotopic (exact) mass is 356 g/mol. The van der Waals surface area contributed by atoms with Gasteiger partial charge in [-0.15, -0.1) is 0 Å². The first-order valence-electron chi connectivity index (χ1n) is 8.62. The van der Waals surface area contributed by atoms with Crippen LogP contribution in [0.4, 0.5) is 10.2 Å². The van der Waals surface area contributed by atoms with Crippen molar-refractivity contribution >= 4 is 23.1 Å². The SMILES string of the molecule is Fc1ccc(/C=N/Nc2nc3ccccc3nc2Cc2ccccc2)cc1. The number of hydrazone groups is 1. The van der Waals surface area contributed by atoms with Crippen LogP contribution in [0.5, 0.6) is 0 Å². The molecule has 0 fully saturated rings. The van der Waals surface area contributed by atoms with Crippen LogP contribution in [0, 0.1) is 5.82 Å². The van der Waals surface area contributed by atoms with Crippen molar-refractivity contribution in [3.8, 4) is 0 Å². The summed E-state index contributed by atoms with van der Waals surface area (Å²) in [7, 11) is 0. The molecule has 0 atom stereocenters. The molecular weight excluding hydrogens is 339 g/mol. The summed E-state index contributed by atoms with van der Waals surface area (Å²) in [5.41, 5.74) is 7.39. The highest BCUT2D eigenvalue weighted by atomic mass is 19.1. The highest BCUT2D eigenvalue weighted by Gasteiger charge is 2.09. The first-order valence-corrected chi connectivity index (χ1v) is 8.62. The lowest BCUT2D eigenvalue weighted by molar-refractivity contribution is 0.628. The van der Waals surface area contributed by atoms with Crippen molar-refractivity contribution in [2.24, 2.45) is 5.10 Å². The second-order valence-electron chi connectivity index (χ2n) is 6.09. The van der Waals surface area contributed by atoms with Crippen molar-refractivity contribution in [1.82, 2.24) is 9.97 Å². The molecule has 4 nitrogen and oxygen atoms in total. The predicted molar refractivity (Wildman–Crippen MR) is 106 cm³/mol. The molecular formula is C22H17FN4. The average molecular weight is 356 g/mol. The Labute approximate surface area is 156 Å². The minimum Gasteiger partial charge on any atom is -0.260 e. The molecule has 132 valence electrons. The zero-order valence-corrected chi connectivity index (χ0v) is 14.5. The maximum atomic E-state index is 13.0. The van der Waals surface area contributed by atoms with Gasteiger partial charge in [0.05, 0.1) is 22.9 Å². The minimum absolute atomic E-state index is 0.273. The van der Waals surface area contributed by atoms with E-state index in [4.69, 9.17) is 4.98 Å². The molecule has 1 heterocycles. The number of hydrogen-bond donors (Lipinski definition) is 1. The van der Waals surface area contributed by atoms with E-state index in [0.717, 1.165) is 27.9 Å². The molecule has 27 heavy (non-hydrogen) atoms. The molecule has 4 rings (SSSR count). The van der Waals surface area contributed by atoms with E-state index in [-0.39, 0.29) is 5.82 Å². The van der Waals surface area contributed by atoms with Gasteiger partial charge < -0.3 is 0 Å².